The Morgan fingerprint density at radius 2 is 1.83 bits per heavy atom. The summed E-state index contributed by atoms with van der Waals surface area (Å²) in [6.07, 6.45) is 4.64. The zero-order valence-electron chi connectivity index (χ0n) is 13.0. The van der Waals surface area contributed by atoms with Gasteiger partial charge in [0.15, 0.2) is 5.65 Å². The van der Waals surface area contributed by atoms with E-state index in [0.717, 1.165) is 50.5 Å². The van der Waals surface area contributed by atoms with Crippen LogP contribution in [0.3, 0.4) is 0 Å². The van der Waals surface area contributed by atoms with Crippen LogP contribution >= 0.6 is 0 Å². The maximum absolute atomic E-state index is 4.35. The normalized spacial score (nSPS) is 16.1. The van der Waals surface area contributed by atoms with E-state index in [1.807, 2.05) is 6.20 Å². The first-order chi connectivity index (χ1) is 11.4. The van der Waals surface area contributed by atoms with Gasteiger partial charge < -0.3 is 4.90 Å². The van der Waals surface area contributed by atoms with Crippen molar-refractivity contribution < 1.29 is 0 Å². The first-order valence-electron chi connectivity index (χ1n) is 8.06. The van der Waals surface area contributed by atoms with E-state index in [1.54, 1.807) is 10.8 Å². The smallest absolute Gasteiger partial charge is 0.179 e. The summed E-state index contributed by atoms with van der Waals surface area (Å²) in [5.41, 5.74) is 3.35. The summed E-state index contributed by atoms with van der Waals surface area (Å²) in [4.78, 5) is 4.91. The van der Waals surface area contributed by atoms with E-state index < -0.39 is 0 Å². The lowest BCUT2D eigenvalue weighted by molar-refractivity contribution is 0.261. The second-order valence-corrected chi connectivity index (χ2v) is 5.91. The lowest BCUT2D eigenvalue weighted by Gasteiger charge is -2.35. The van der Waals surface area contributed by atoms with Crippen LogP contribution in [0.25, 0.3) is 5.65 Å². The lowest BCUT2D eigenvalue weighted by atomic mass is 10.1. The highest BCUT2D eigenvalue weighted by Crippen LogP contribution is 2.16. The van der Waals surface area contributed by atoms with Crippen LogP contribution in [0.4, 0.5) is 5.69 Å². The van der Waals surface area contributed by atoms with E-state index in [2.05, 4.69) is 61.5 Å². The van der Waals surface area contributed by atoms with Gasteiger partial charge in [-0.1, -0.05) is 30.3 Å². The van der Waals surface area contributed by atoms with Gasteiger partial charge in [-0.2, -0.15) is 5.10 Å². The molecule has 0 spiro atoms. The molecular formula is C17H20N6. The molecule has 6 heteroatoms. The Bertz CT molecular complexity index is 761. The maximum Gasteiger partial charge on any atom is 0.179 e. The molecule has 6 nitrogen and oxygen atoms in total. The van der Waals surface area contributed by atoms with Gasteiger partial charge in [0.2, 0.25) is 0 Å². The molecule has 0 radical (unpaired) electrons. The van der Waals surface area contributed by atoms with Crippen molar-refractivity contribution in [1.82, 2.24) is 24.7 Å². The quantitative estimate of drug-likeness (QED) is 0.731. The number of hydrogen-bond acceptors (Lipinski definition) is 5. The number of aromatic nitrogens is 4. The van der Waals surface area contributed by atoms with Gasteiger partial charge in [0.05, 0.1) is 11.9 Å². The van der Waals surface area contributed by atoms with Gasteiger partial charge in [0.1, 0.15) is 6.33 Å². The topological polar surface area (TPSA) is 49.6 Å². The SMILES string of the molecule is c1ccc(CCN2CCN(c3cnn4cnnc4c3)CC2)cc1. The van der Waals surface area contributed by atoms with Crippen LogP contribution in [0, 0.1) is 0 Å². The molecule has 0 N–H and O–H groups in total. The van der Waals surface area contributed by atoms with Gasteiger partial charge in [-0.3, -0.25) is 4.90 Å². The first-order valence-corrected chi connectivity index (χ1v) is 8.06. The van der Waals surface area contributed by atoms with E-state index in [-0.39, 0.29) is 0 Å². The van der Waals surface area contributed by atoms with Crippen molar-refractivity contribution in [1.29, 1.82) is 0 Å². The van der Waals surface area contributed by atoms with Crippen molar-refractivity contribution in [2.24, 2.45) is 0 Å². The molecule has 0 unspecified atom stereocenters. The summed E-state index contributed by atoms with van der Waals surface area (Å²) in [6.45, 7) is 5.36. The predicted octanol–water partition coefficient (Wildman–Crippen LogP) is 1.49. The molecule has 0 bridgehead atoms. The van der Waals surface area contributed by atoms with Crippen molar-refractivity contribution in [3.05, 3.63) is 54.5 Å². The Kier molecular flexibility index (Phi) is 3.90. The summed E-state index contributed by atoms with van der Waals surface area (Å²) in [6, 6.07) is 12.8. The fourth-order valence-electron chi connectivity index (χ4n) is 3.05. The van der Waals surface area contributed by atoms with Gasteiger partial charge in [-0.15, -0.1) is 10.2 Å². The van der Waals surface area contributed by atoms with Gasteiger partial charge in [0.25, 0.3) is 0 Å². The highest BCUT2D eigenvalue weighted by molar-refractivity contribution is 5.53. The minimum Gasteiger partial charge on any atom is -0.368 e. The Hall–Kier alpha value is -2.47. The molecule has 2 aromatic heterocycles. The fourth-order valence-corrected chi connectivity index (χ4v) is 3.05. The van der Waals surface area contributed by atoms with Crippen LogP contribution in [-0.4, -0.2) is 57.4 Å². The third kappa shape index (κ3) is 3.17. The van der Waals surface area contributed by atoms with Gasteiger partial charge in [0, 0.05) is 38.8 Å². The Morgan fingerprint density at radius 3 is 2.65 bits per heavy atom. The molecule has 1 saturated heterocycles. The third-order valence-corrected chi connectivity index (χ3v) is 4.44. The molecule has 0 amide bonds. The van der Waals surface area contributed by atoms with Crippen LogP contribution in [0.5, 0.6) is 0 Å². The Morgan fingerprint density at radius 1 is 1.00 bits per heavy atom. The Balaban J connectivity index is 1.33. The van der Waals surface area contributed by atoms with E-state index in [1.165, 1.54) is 5.56 Å². The molecule has 4 rings (SSSR count). The minimum atomic E-state index is 0.800. The van der Waals surface area contributed by atoms with Gasteiger partial charge >= 0.3 is 0 Å². The van der Waals surface area contributed by atoms with Gasteiger partial charge in [-0.05, 0) is 12.0 Å². The molecular weight excluding hydrogens is 288 g/mol. The highest BCUT2D eigenvalue weighted by atomic mass is 15.3. The number of nitrogens with zero attached hydrogens (tertiary/aromatic N) is 6. The number of anilines is 1. The standard InChI is InChI=1S/C17H20N6/c1-2-4-15(5-3-1)6-7-21-8-10-22(11-9-21)16-12-17-20-18-14-23(17)19-13-16/h1-5,12-14H,6-11H2. The molecule has 0 saturated carbocycles. The molecule has 1 aliphatic rings. The molecule has 1 aliphatic heterocycles. The summed E-state index contributed by atoms with van der Waals surface area (Å²) in [7, 11) is 0. The molecule has 0 atom stereocenters. The molecule has 3 heterocycles. The number of fused-ring (bicyclic) bond motifs is 1. The van der Waals surface area contributed by atoms with Crippen molar-refractivity contribution >= 4 is 11.3 Å². The van der Waals surface area contributed by atoms with Crippen LogP contribution in [0.15, 0.2) is 48.9 Å². The lowest BCUT2D eigenvalue weighted by Crippen LogP contribution is -2.47. The molecule has 1 fully saturated rings. The second kappa shape index (κ2) is 6.34. The average molecular weight is 308 g/mol. The number of piperazine rings is 1. The maximum atomic E-state index is 4.35. The summed E-state index contributed by atoms with van der Waals surface area (Å²) in [5.74, 6) is 0. The molecule has 1 aromatic carbocycles. The molecule has 118 valence electrons. The van der Waals surface area contributed by atoms with Crippen LogP contribution < -0.4 is 4.90 Å². The van der Waals surface area contributed by atoms with Crippen molar-refractivity contribution in [3.63, 3.8) is 0 Å². The van der Waals surface area contributed by atoms with E-state index in [4.69, 9.17) is 0 Å². The highest BCUT2D eigenvalue weighted by Gasteiger charge is 2.17. The van der Waals surface area contributed by atoms with Crippen LogP contribution in [0.2, 0.25) is 0 Å². The average Bonchev–Trinajstić information content (AvgIpc) is 3.09. The Labute approximate surface area is 135 Å². The summed E-state index contributed by atoms with van der Waals surface area (Å²) < 4.78 is 1.69. The van der Waals surface area contributed by atoms with E-state index in [0.29, 0.717) is 0 Å². The van der Waals surface area contributed by atoms with Crippen molar-refractivity contribution in [2.75, 3.05) is 37.6 Å². The zero-order chi connectivity index (χ0) is 15.5. The number of hydrogen-bond donors (Lipinski definition) is 0. The van der Waals surface area contributed by atoms with Crippen LogP contribution in [0.1, 0.15) is 5.56 Å². The van der Waals surface area contributed by atoms with Crippen molar-refractivity contribution in [2.45, 2.75) is 6.42 Å². The molecule has 0 aliphatic carbocycles. The second-order valence-electron chi connectivity index (χ2n) is 5.91. The van der Waals surface area contributed by atoms with E-state index >= 15 is 0 Å². The molecule has 3 aromatic rings. The summed E-state index contributed by atoms with van der Waals surface area (Å²) >= 11 is 0. The predicted molar refractivity (Wildman–Crippen MR) is 89.6 cm³/mol. The summed E-state index contributed by atoms with van der Waals surface area (Å²) in [5, 5.41) is 12.3. The largest absolute Gasteiger partial charge is 0.368 e. The van der Waals surface area contributed by atoms with Crippen LogP contribution in [-0.2, 0) is 6.42 Å². The monoisotopic (exact) mass is 308 g/mol. The number of benzene rings is 1. The number of rotatable bonds is 4. The van der Waals surface area contributed by atoms with Gasteiger partial charge in [-0.25, -0.2) is 4.52 Å². The van der Waals surface area contributed by atoms with E-state index in [9.17, 15) is 0 Å². The third-order valence-electron chi connectivity index (χ3n) is 4.44. The minimum absolute atomic E-state index is 0.800. The first kappa shape index (κ1) is 14.1. The fraction of sp³-hybridized carbons (Fsp3) is 0.353. The van der Waals surface area contributed by atoms with Crippen molar-refractivity contribution in [3.8, 4) is 0 Å². The zero-order valence-corrected chi connectivity index (χ0v) is 13.0. The molecule has 23 heavy (non-hydrogen) atoms.